The van der Waals surface area contributed by atoms with Crippen LogP contribution in [-0.2, 0) is 9.59 Å². The number of thiazole rings is 1. The molecular formula is C16H19ClN4O3S3. The van der Waals surface area contributed by atoms with Crippen LogP contribution < -0.4 is 4.90 Å². The minimum Gasteiger partial charge on any atom is -0.481 e. The molecule has 0 aromatic carbocycles. The lowest BCUT2D eigenvalue weighted by Crippen LogP contribution is -2.44. The SMILES string of the molecule is CN1CCN(c2nc(Cl)c(C=C3SC(=S)N(CCCC(=O)O)C3=O)s2)CC1. The average molecular weight is 447 g/mol. The summed E-state index contributed by atoms with van der Waals surface area (Å²) in [6.45, 7) is 4.04. The maximum absolute atomic E-state index is 12.6. The first kappa shape index (κ1) is 20.5. The van der Waals surface area contributed by atoms with Crippen molar-refractivity contribution in [3.63, 3.8) is 0 Å². The number of hydrogen-bond acceptors (Lipinski definition) is 8. The van der Waals surface area contributed by atoms with E-state index in [0.717, 1.165) is 36.2 Å². The van der Waals surface area contributed by atoms with Crippen molar-refractivity contribution in [1.82, 2.24) is 14.8 Å². The number of nitrogens with zero attached hydrogens (tertiary/aromatic N) is 4. The fourth-order valence-electron chi connectivity index (χ4n) is 2.72. The molecule has 0 atom stereocenters. The van der Waals surface area contributed by atoms with Gasteiger partial charge in [0, 0.05) is 39.1 Å². The zero-order valence-electron chi connectivity index (χ0n) is 14.7. The van der Waals surface area contributed by atoms with Crippen LogP contribution in [0.25, 0.3) is 6.08 Å². The van der Waals surface area contributed by atoms with Gasteiger partial charge in [0.15, 0.2) is 5.13 Å². The molecule has 0 saturated carbocycles. The Morgan fingerprint density at radius 1 is 1.37 bits per heavy atom. The number of anilines is 1. The third kappa shape index (κ3) is 5.00. The molecule has 2 fully saturated rings. The van der Waals surface area contributed by atoms with Gasteiger partial charge in [0.25, 0.3) is 5.91 Å². The van der Waals surface area contributed by atoms with Crippen LogP contribution in [0.3, 0.4) is 0 Å². The summed E-state index contributed by atoms with van der Waals surface area (Å²) in [6, 6.07) is 0. The molecule has 1 aromatic rings. The number of thioether (sulfide) groups is 1. The number of carbonyl (C=O) groups is 2. The topological polar surface area (TPSA) is 77.0 Å². The Bertz CT molecular complexity index is 790. The number of hydrogen-bond donors (Lipinski definition) is 1. The highest BCUT2D eigenvalue weighted by atomic mass is 35.5. The molecular weight excluding hydrogens is 428 g/mol. The molecule has 1 aromatic heterocycles. The zero-order valence-corrected chi connectivity index (χ0v) is 17.9. The number of carbonyl (C=O) groups excluding carboxylic acids is 1. The number of likely N-dealkylation sites (N-methyl/N-ethyl adjacent to an activating group) is 1. The van der Waals surface area contributed by atoms with Gasteiger partial charge in [-0.25, -0.2) is 4.98 Å². The normalized spacial score (nSPS) is 20.1. The molecule has 0 aliphatic carbocycles. The molecule has 1 N–H and O–H groups in total. The first-order valence-corrected chi connectivity index (χ1v) is 10.8. The summed E-state index contributed by atoms with van der Waals surface area (Å²) >= 11 is 14.2. The molecule has 1 amide bonds. The van der Waals surface area contributed by atoms with Crippen molar-refractivity contribution in [2.24, 2.45) is 0 Å². The minimum atomic E-state index is -0.885. The number of amides is 1. The van der Waals surface area contributed by atoms with Gasteiger partial charge in [0.2, 0.25) is 0 Å². The fourth-order valence-corrected chi connectivity index (χ4v) is 5.34. The molecule has 7 nitrogen and oxygen atoms in total. The van der Waals surface area contributed by atoms with Gasteiger partial charge in [0.1, 0.15) is 9.47 Å². The predicted octanol–water partition coefficient (Wildman–Crippen LogP) is 2.61. The monoisotopic (exact) mass is 446 g/mol. The molecule has 2 saturated heterocycles. The van der Waals surface area contributed by atoms with Gasteiger partial charge < -0.3 is 14.9 Å². The summed E-state index contributed by atoms with van der Waals surface area (Å²) in [5.74, 6) is -1.09. The second-order valence-corrected chi connectivity index (χ2v) is 9.32. The van der Waals surface area contributed by atoms with Gasteiger partial charge in [-0.05, 0) is 19.5 Å². The van der Waals surface area contributed by atoms with Gasteiger partial charge in [0.05, 0.1) is 9.78 Å². The summed E-state index contributed by atoms with van der Waals surface area (Å²) in [5, 5.41) is 9.98. The molecule has 146 valence electrons. The van der Waals surface area contributed by atoms with Crippen molar-refractivity contribution in [2.75, 3.05) is 44.7 Å². The Labute approximate surface area is 176 Å². The second-order valence-electron chi connectivity index (χ2n) is 6.27. The Balaban J connectivity index is 1.70. The third-order valence-electron chi connectivity index (χ3n) is 4.28. The van der Waals surface area contributed by atoms with Crippen molar-refractivity contribution in [3.05, 3.63) is 14.9 Å². The van der Waals surface area contributed by atoms with Crippen molar-refractivity contribution < 1.29 is 14.7 Å². The Kier molecular flexibility index (Phi) is 6.74. The van der Waals surface area contributed by atoms with Crippen LogP contribution in [0.2, 0.25) is 5.15 Å². The van der Waals surface area contributed by atoms with Crippen LogP contribution in [-0.4, -0.2) is 75.9 Å². The van der Waals surface area contributed by atoms with E-state index in [1.165, 1.54) is 28.0 Å². The summed E-state index contributed by atoms with van der Waals surface area (Å²) in [4.78, 5) is 34.8. The first-order valence-electron chi connectivity index (χ1n) is 8.42. The van der Waals surface area contributed by atoms with E-state index in [9.17, 15) is 9.59 Å². The summed E-state index contributed by atoms with van der Waals surface area (Å²) in [7, 11) is 2.09. The summed E-state index contributed by atoms with van der Waals surface area (Å²) in [5.41, 5.74) is 0. The molecule has 0 radical (unpaired) electrons. The maximum atomic E-state index is 12.6. The molecule has 2 aliphatic rings. The number of aromatic nitrogens is 1. The Morgan fingerprint density at radius 3 is 2.74 bits per heavy atom. The number of carboxylic acids is 1. The van der Waals surface area contributed by atoms with E-state index >= 15 is 0 Å². The molecule has 2 aliphatic heterocycles. The van der Waals surface area contributed by atoms with E-state index in [4.69, 9.17) is 28.9 Å². The third-order valence-corrected chi connectivity index (χ3v) is 7.12. The zero-order chi connectivity index (χ0) is 19.6. The molecule has 27 heavy (non-hydrogen) atoms. The van der Waals surface area contributed by atoms with Crippen molar-refractivity contribution in [3.8, 4) is 0 Å². The number of piperazine rings is 1. The standard InChI is InChI=1S/C16H19ClN4O3S3/c1-19-5-7-20(8-6-19)15-18-13(17)10(26-15)9-11-14(24)21(16(25)27-11)4-2-3-12(22)23/h9H,2-8H2,1H3,(H,22,23). The minimum absolute atomic E-state index is 0.00512. The quantitative estimate of drug-likeness (QED) is 0.527. The molecule has 11 heteroatoms. The largest absolute Gasteiger partial charge is 0.481 e. The van der Waals surface area contributed by atoms with Gasteiger partial charge in [-0.2, -0.15) is 0 Å². The number of aliphatic carboxylic acids is 1. The lowest BCUT2D eigenvalue weighted by atomic mass is 10.3. The van der Waals surface area contributed by atoms with E-state index in [1.807, 2.05) is 0 Å². The Morgan fingerprint density at radius 2 is 2.07 bits per heavy atom. The number of halogens is 1. The van der Waals surface area contributed by atoms with Gasteiger partial charge in [-0.15, -0.1) is 0 Å². The molecule has 0 unspecified atom stereocenters. The van der Waals surface area contributed by atoms with Crippen LogP contribution in [0.5, 0.6) is 0 Å². The van der Waals surface area contributed by atoms with Crippen LogP contribution in [0.1, 0.15) is 17.7 Å². The lowest BCUT2D eigenvalue weighted by Gasteiger charge is -2.31. The molecule has 3 rings (SSSR count). The molecule has 0 spiro atoms. The predicted molar refractivity (Wildman–Crippen MR) is 114 cm³/mol. The second kappa shape index (κ2) is 8.87. The lowest BCUT2D eigenvalue weighted by molar-refractivity contribution is -0.137. The van der Waals surface area contributed by atoms with E-state index in [1.54, 1.807) is 6.08 Å². The fraction of sp³-hybridized carbons (Fsp3) is 0.500. The summed E-state index contributed by atoms with van der Waals surface area (Å²) < 4.78 is 0.441. The van der Waals surface area contributed by atoms with Gasteiger partial charge in [-0.1, -0.05) is 46.9 Å². The van der Waals surface area contributed by atoms with E-state index in [-0.39, 0.29) is 12.3 Å². The number of carboxylic acid groups (broad SMARTS) is 1. The van der Waals surface area contributed by atoms with Crippen molar-refractivity contribution >= 4 is 74.3 Å². The maximum Gasteiger partial charge on any atom is 0.303 e. The van der Waals surface area contributed by atoms with E-state index < -0.39 is 5.97 Å². The van der Waals surface area contributed by atoms with Gasteiger partial charge >= 0.3 is 5.97 Å². The number of rotatable bonds is 6. The van der Waals surface area contributed by atoms with Crippen LogP contribution >= 0.6 is 46.9 Å². The van der Waals surface area contributed by atoms with Crippen molar-refractivity contribution in [2.45, 2.75) is 12.8 Å². The van der Waals surface area contributed by atoms with E-state index in [2.05, 4.69) is 21.8 Å². The average Bonchev–Trinajstić information content (AvgIpc) is 3.10. The highest BCUT2D eigenvalue weighted by Crippen LogP contribution is 2.37. The molecule has 3 heterocycles. The van der Waals surface area contributed by atoms with E-state index in [0.29, 0.717) is 27.3 Å². The first-order chi connectivity index (χ1) is 12.8. The van der Waals surface area contributed by atoms with Crippen LogP contribution in [0.4, 0.5) is 5.13 Å². The highest BCUT2D eigenvalue weighted by molar-refractivity contribution is 8.26. The number of thiocarbonyl (C=S) groups is 1. The summed E-state index contributed by atoms with van der Waals surface area (Å²) in [6.07, 6.45) is 2.10. The molecule has 0 bridgehead atoms. The van der Waals surface area contributed by atoms with Gasteiger partial charge in [-0.3, -0.25) is 14.5 Å². The van der Waals surface area contributed by atoms with Crippen LogP contribution in [0, 0.1) is 0 Å². The van der Waals surface area contributed by atoms with Crippen molar-refractivity contribution in [1.29, 1.82) is 0 Å². The Hall–Kier alpha value is -1.20. The van der Waals surface area contributed by atoms with Crippen LogP contribution in [0.15, 0.2) is 4.91 Å². The smallest absolute Gasteiger partial charge is 0.303 e. The highest BCUT2D eigenvalue weighted by Gasteiger charge is 2.32.